The summed E-state index contributed by atoms with van der Waals surface area (Å²) in [6.45, 7) is 0. The number of rotatable bonds is 1. The third-order valence-corrected chi connectivity index (χ3v) is 9.17. The van der Waals surface area contributed by atoms with Gasteiger partial charge in [0.2, 0.25) is 0 Å². The molecule has 5 heterocycles. The van der Waals surface area contributed by atoms with E-state index in [-0.39, 0.29) is 0 Å². The summed E-state index contributed by atoms with van der Waals surface area (Å²) >= 11 is 15.7. The van der Waals surface area contributed by atoms with Crippen LogP contribution in [0.2, 0.25) is 10.0 Å². The van der Waals surface area contributed by atoms with Gasteiger partial charge >= 0.3 is 77.4 Å². The molecule has 10 rings (SSSR count). The monoisotopic (exact) mass is 738 g/mol. The van der Waals surface area contributed by atoms with Crippen molar-refractivity contribution in [1.29, 1.82) is 0 Å². The van der Waals surface area contributed by atoms with Crippen LogP contribution >= 0.6 is 23.2 Å². The Morgan fingerprint density at radius 2 is 0.780 bits per heavy atom. The summed E-state index contributed by atoms with van der Waals surface area (Å²) < 4.78 is 4.47. The average molecular weight is 740 g/mol. The van der Waals surface area contributed by atoms with Gasteiger partial charge in [0.05, 0.1) is 0 Å². The van der Waals surface area contributed by atoms with E-state index in [1.807, 2.05) is 97.1 Å². The largest absolute Gasteiger partial charge is 0.324 e. The summed E-state index contributed by atoms with van der Waals surface area (Å²) in [4.78, 5) is 36.8. The molecule has 0 atom stereocenters. The fourth-order valence-electron chi connectivity index (χ4n) is 6.12. The van der Waals surface area contributed by atoms with E-state index in [2.05, 4.69) is 30.1 Å². The molecule has 0 spiro atoms. The molecule has 0 saturated carbocycles. The fourth-order valence-corrected chi connectivity index (χ4v) is 6.64. The van der Waals surface area contributed by atoms with Gasteiger partial charge in [0.1, 0.15) is 22.6 Å². The standard InChI is InChI=1S/C32H18N8.C6H4Cl2O.Cu/c1-2-10-18-17(9-1)25-33-26(18)38-28-21-13-5-6-14-22(21)30(35-28)40-32-24-16-8-7-15-23(24)31(36-32)39-29-20-12-4-3-11-19(20)27(34-29)37-25;7-4-1-2-5(8)6(9)3-4;/h1-16H,(H2,33,34,35,36,37,38,39,40);1-3,9H;/q;;+1/p-1. The van der Waals surface area contributed by atoms with Crippen LogP contribution in [0.25, 0.3) is 89.7 Å². The number of aromatic amines is 2. The van der Waals surface area contributed by atoms with Gasteiger partial charge in [-0.25, -0.2) is 29.9 Å². The zero-order valence-corrected chi connectivity index (χ0v) is 28.1. The van der Waals surface area contributed by atoms with Gasteiger partial charge in [-0.1, -0.05) is 97.1 Å². The van der Waals surface area contributed by atoms with Crippen molar-refractivity contribution < 1.29 is 20.2 Å². The van der Waals surface area contributed by atoms with Crippen LogP contribution in [0.3, 0.4) is 0 Å². The van der Waals surface area contributed by atoms with Gasteiger partial charge in [-0.05, 0) is 0 Å². The van der Waals surface area contributed by atoms with Gasteiger partial charge in [-0.3, -0.25) is 0 Å². The SMILES string of the molecule is Clc1ccc(Cl)c([O][Cu])c1.c1ccc2c(c1)-c1nc-2nc2[nH]c(nc3nc(nc4[nH]c(n1)c1ccccc41)-c1ccccc1-3)c1ccccc21. The molecule has 2 N–H and O–H groups in total. The number of benzene rings is 5. The second-order valence-electron chi connectivity index (χ2n) is 11.4. The van der Waals surface area contributed by atoms with E-state index in [9.17, 15) is 0 Å². The van der Waals surface area contributed by atoms with E-state index in [1.54, 1.807) is 18.2 Å². The predicted molar refractivity (Wildman–Crippen MR) is 193 cm³/mol. The molecular weight excluding hydrogens is 719 g/mol. The second-order valence-corrected chi connectivity index (χ2v) is 12.5. The molecular formula is C38H21Cl2CuN8O. The third-order valence-electron chi connectivity index (χ3n) is 8.42. The Bertz CT molecular complexity index is 2500. The number of H-pyrrole nitrogens is 2. The molecule has 0 unspecified atom stereocenters. The summed E-state index contributed by atoms with van der Waals surface area (Å²) in [6, 6.07) is 37.1. The molecule has 0 radical (unpaired) electrons. The minimum absolute atomic E-state index is 0.411. The number of hydrogen-bond acceptors (Lipinski definition) is 7. The predicted octanol–water partition coefficient (Wildman–Crippen LogP) is 9.70. The minimum atomic E-state index is 0.411. The number of fused-ring (bicyclic) bond motifs is 20. The van der Waals surface area contributed by atoms with Crippen LogP contribution < -0.4 is 3.82 Å². The van der Waals surface area contributed by atoms with Gasteiger partial charge in [0.25, 0.3) is 0 Å². The zero-order chi connectivity index (χ0) is 33.8. The van der Waals surface area contributed by atoms with Crippen molar-refractivity contribution in [2.75, 3.05) is 0 Å². The molecule has 0 saturated heterocycles. The topological polar surface area (TPSA) is 118 Å². The number of halogens is 2. The van der Waals surface area contributed by atoms with Crippen molar-refractivity contribution in [2.24, 2.45) is 0 Å². The number of aromatic nitrogens is 8. The molecule has 12 heteroatoms. The molecule has 8 bridgehead atoms. The first-order chi connectivity index (χ1) is 24.5. The van der Waals surface area contributed by atoms with Gasteiger partial charge < -0.3 is 9.97 Å². The van der Waals surface area contributed by atoms with E-state index in [4.69, 9.17) is 53.1 Å². The molecule has 2 aliphatic rings. The van der Waals surface area contributed by atoms with Gasteiger partial charge in [-0.15, -0.1) is 0 Å². The molecule has 5 aromatic carbocycles. The van der Waals surface area contributed by atoms with E-state index in [0.717, 1.165) is 43.8 Å². The molecule has 8 aromatic rings. The van der Waals surface area contributed by atoms with E-state index < -0.39 is 0 Å². The Morgan fingerprint density at radius 3 is 1.10 bits per heavy atom. The Balaban J connectivity index is 0.000000293. The second kappa shape index (κ2) is 12.4. The number of hydrogen-bond donors (Lipinski definition) is 2. The smallest absolute Gasteiger partial charge is 0.164 e. The molecule has 9 nitrogen and oxygen atoms in total. The van der Waals surface area contributed by atoms with Crippen molar-refractivity contribution in [3.8, 4) is 51.3 Å². The van der Waals surface area contributed by atoms with Gasteiger partial charge in [-0.2, -0.15) is 0 Å². The van der Waals surface area contributed by atoms with E-state index >= 15 is 0 Å². The molecule has 50 heavy (non-hydrogen) atoms. The van der Waals surface area contributed by atoms with Gasteiger partial charge in [0, 0.05) is 43.8 Å². The van der Waals surface area contributed by atoms with E-state index in [1.165, 1.54) is 0 Å². The maximum Gasteiger partial charge on any atom is 0.164 e. The maximum absolute atomic E-state index is 5.64. The summed E-state index contributed by atoms with van der Waals surface area (Å²) in [5.74, 6) is 2.80. The van der Waals surface area contributed by atoms with Crippen LogP contribution in [-0.4, -0.2) is 39.9 Å². The first kappa shape index (κ1) is 30.4. The first-order valence-corrected chi connectivity index (χ1v) is 16.6. The van der Waals surface area contributed by atoms with Crippen LogP contribution in [0.15, 0.2) is 115 Å². The molecule has 0 aliphatic carbocycles. The Labute approximate surface area is 302 Å². The third kappa shape index (κ3) is 5.26. The quantitative estimate of drug-likeness (QED) is 0.161. The molecule has 2 aliphatic heterocycles. The number of nitrogens with one attached hydrogen (secondary N) is 2. The Kier molecular flexibility index (Phi) is 7.52. The molecule has 0 amide bonds. The first-order valence-electron chi connectivity index (χ1n) is 15.4. The fraction of sp³-hybridized carbons (Fsp3) is 0. The summed E-state index contributed by atoms with van der Waals surface area (Å²) in [7, 11) is 0. The molecule has 3 aromatic heterocycles. The molecule has 0 fully saturated rings. The van der Waals surface area contributed by atoms with Gasteiger partial charge in [0.15, 0.2) is 23.3 Å². The minimum Gasteiger partial charge on any atom is -0.324 e. The van der Waals surface area contributed by atoms with Crippen LogP contribution in [0.5, 0.6) is 5.75 Å². The van der Waals surface area contributed by atoms with Crippen molar-refractivity contribution in [3.63, 3.8) is 0 Å². The van der Waals surface area contributed by atoms with Crippen molar-refractivity contribution >= 4 is 67.3 Å². The van der Waals surface area contributed by atoms with Crippen LogP contribution in [0.4, 0.5) is 0 Å². The van der Waals surface area contributed by atoms with Crippen molar-refractivity contribution in [2.45, 2.75) is 0 Å². The number of nitrogens with zero attached hydrogens (tertiary/aromatic N) is 6. The van der Waals surface area contributed by atoms with Crippen LogP contribution in [0.1, 0.15) is 0 Å². The van der Waals surface area contributed by atoms with E-state index in [0.29, 0.717) is 61.7 Å². The summed E-state index contributed by atoms with van der Waals surface area (Å²) in [6.07, 6.45) is 0. The maximum atomic E-state index is 5.64. The van der Waals surface area contributed by atoms with Crippen molar-refractivity contribution in [3.05, 3.63) is 125 Å². The van der Waals surface area contributed by atoms with Crippen LogP contribution in [-0.2, 0) is 16.3 Å². The zero-order valence-electron chi connectivity index (χ0n) is 25.6. The van der Waals surface area contributed by atoms with Crippen LogP contribution in [0, 0.1) is 0 Å². The Morgan fingerprint density at radius 1 is 0.440 bits per heavy atom. The summed E-state index contributed by atoms with van der Waals surface area (Å²) in [5, 5.41) is 4.84. The normalized spacial score (nSPS) is 11.5. The van der Waals surface area contributed by atoms with Crippen molar-refractivity contribution in [1.82, 2.24) is 39.9 Å². The average Bonchev–Trinajstić information content (AvgIpc) is 3.89. The molecule has 244 valence electrons. The summed E-state index contributed by atoms with van der Waals surface area (Å²) in [5.41, 5.74) is 6.45. The Hall–Kier alpha value is -5.64.